The molecule has 23 heavy (non-hydrogen) atoms. The molecule has 1 saturated heterocycles. The SMILES string of the molecule is O=C(NCCc1ccccn1)C1CC(=O)N(Cc2ccco2)C1. The van der Waals surface area contributed by atoms with Crippen LogP contribution in [0.5, 0.6) is 0 Å². The largest absolute Gasteiger partial charge is 0.467 e. The highest BCUT2D eigenvalue weighted by atomic mass is 16.3. The second-order valence-corrected chi connectivity index (χ2v) is 5.62. The van der Waals surface area contributed by atoms with Gasteiger partial charge in [0.25, 0.3) is 0 Å². The van der Waals surface area contributed by atoms with E-state index in [2.05, 4.69) is 10.3 Å². The van der Waals surface area contributed by atoms with Gasteiger partial charge in [0, 0.05) is 37.8 Å². The Hall–Kier alpha value is -2.63. The zero-order chi connectivity index (χ0) is 16.1. The third-order valence-corrected chi connectivity index (χ3v) is 3.92. The zero-order valence-electron chi connectivity index (χ0n) is 12.8. The summed E-state index contributed by atoms with van der Waals surface area (Å²) in [5.41, 5.74) is 0.940. The van der Waals surface area contributed by atoms with Gasteiger partial charge in [0.2, 0.25) is 11.8 Å². The number of furan rings is 1. The summed E-state index contributed by atoms with van der Waals surface area (Å²) in [6.45, 7) is 1.39. The van der Waals surface area contributed by atoms with Gasteiger partial charge < -0.3 is 14.6 Å². The molecule has 0 aromatic carbocycles. The minimum absolute atomic E-state index is 0.00808. The average Bonchev–Trinajstić information content (AvgIpc) is 3.19. The van der Waals surface area contributed by atoms with Crippen molar-refractivity contribution in [3.05, 3.63) is 54.2 Å². The second-order valence-electron chi connectivity index (χ2n) is 5.62. The predicted molar refractivity (Wildman–Crippen MR) is 83.2 cm³/mol. The Morgan fingerprint density at radius 1 is 1.35 bits per heavy atom. The van der Waals surface area contributed by atoms with Crippen LogP contribution >= 0.6 is 0 Å². The Morgan fingerprint density at radius 3 is 3.00 bits per heavy atom. The fourth-order valence-electron chi connectivity index (χ4n) is 2.70. The van der Waals surface area contributed by atoms with Crippen molar-refractivity contribution in [1.29, 1.82) is 0 Å². The molecule has 3 heterocycles. The topological polar surface area (TPSA) is 75.4 Å². The van der Waals surface area contributed by atoms with Crippen molar-refractivity contribution in [3.8, 4) is 0 Å². The summed E-state index contributed by atoms with van der Waals surface area (Å²) in [5, 5.41) is 2.89. The third kappa shape index (κ3) is 3.97. The first-order chi connectivity index (χ1) is 11.2. The number of nitrogens with one attached hydrogen (secondary N) is 1. The van der Waals surface area contributed by atoms with E-state index in [4.69, 9.17) is 4.42 Å². The number of carbonyl (C=O) groups is 2. The molecule has 0 radical (unpaired) electrons. The van der Waals surface area contributed by atoms with Crippen molar-refractivity contribution >= 4 is 11.8 Å². The summed E-state index contributed by atoms with van der Waals surface area (Å²) in [5.74, 6) is 0.359. The third-order valence-electron chi connectivity index (χ3n) is 3.92. The zero-order valence-corrected chi connectivity index (χ0v) is 12.8. The number of carbonyl (C=O) groups excluding carboxylic acids is 2. The average molecular weight is 313 g/mol. The van der Waals surface area contributed by atoms with E-state index in [1.807, 2.05) is 24.3 Å². The van der Waals surface area contributed by atoms with Gasteiger partial charge in [-0.25, -0.2) is 0 Å². The molecule has 3 rings (SSSR count). The summed E-state index contributed by atoms with van der Waals surface area (Å²) >= 11 is 0. The quantitative estimate of drug-likeness (QED) is 0.874. The van der Waals surface area contributed by atoms with Gasteiger partial charge in [-0.1, -0.05) is 6.07 Å². The molecule has 2 aromatic rings. The molecule has 1 aliphatic rings. The van der Waals surface area contributed by atoms with Gasteiger partial charge in [-0.15, -0.1) is 0 Å². The summed E-state index contributed by atoms with van der Waals surface area (Å²) in [7, 11) is 0. The van der Waals surface area contributed by atoms with Crippen LogP contribution in [0.1, 0.15) is 17.9 Å². The van der Waals surface area contributed by atoms with Gasteiger partial charge in [0.05, 0.1) is 18.7 Å². The van der Waals surface area contributed by atoms with E-state index in [0.717, 1.165) is 11.5 Å². The smallest absolute Gasteiger partial charge is 0.225 e. The number of aromatic nitrogens is 1. The van der Waals surface area contributed by atoms with Crippen molar-refractivity contribution in [2.45, 2.75) is 19.4 Å². The maximum Gasteiger partial charge on any atom is 0.225 e. The van der Waals surface area contributed by atoms with Crippen LogP contribution in [-0.4, -0.2) is 34.8 Å². The Bertz CT molecular complexity index is 655. The number of pyridine rings is 1. The van der Waals surface area contributed by atoms with Gasteiger partial charge in [-0.2, -0.15) is 0 Å². The molecule has 1 aliphatic heterocycles. The number of likely N-dealkylation sites (tertiary alicyclic amines) is 1. The molecule has 2 aromatic heterocycles. The van der Waals surface area contributed by atoms with E-state index < -0.39 is 0 Å². The first-order valence-corrected chi connectivity index (χ1v) is 7.70. The van der Waals surface area contributed by atoms with Gasteiger partial charge in [0.15, 0.2) is 0 Å². The molecule has 1 fully saturated rings. The van der Waals surface area contributed by atoms with E-state index in [1.165, 1.54) is 0 Å². The molecular formula is C17H19N3O3. The lowest BCUT2D eigenvalue weighted by Gasteiger charge is -2.15. The van der Waals surface area contributed by atoms with Crippen molar-refractivity contribution in [2.75, 3.05) is 13.1 Å². The Balaban J connectivity index is 1.46. The fourth-order valence-corrected chi connectivity index (χ4v) is 2.70. The molecule has 1 N–H and O–H groups in total. The van der Waals surface area contributed by atoms with E-state index >= 15 is 0 Å². The Morgan fingerprint density at radius 2 is 2.26 bits per heavy atom. The van der Waals surface area contributed by atoms with Crippen LogP contribution in [0, 0.1) is 5.92 Å². The predicted octanol–water partition coefficient (Wildman–Crippen LogP) is 1.38. The standard InChI is InChI=1S/C17H19N3O3/c21-16-10-13(11-20(16)12-15-5-3-9-23-15)17(22)19-8-6-14-4-1-2-7-18-14/h1-5,7,9,13H,6,8,10-12H2,(H,19,22). The van der Waals surface area contributed by atoms with Crippen molar-refractivity contribution < 1.29 is 14.0 Å². The van der Waals surface area contributed by atoms with Crippen LogP contribution in [0.15, 0.2) is 47.2 Å². The minimum Gasteiger partial charge on any atom is -0.467 e. The van der Waals surface area contributed by atoms with Crippen molar-refractivity contribution in [1.82, 2.24) is 15.2 Å². The number of rotatable bonds is 6. The van der Waals surface area contributed by atoms with Crippen LogP contribution < -0.4 is 5.32 Å². The van der Waals surface area contributed by atoms with E-state index in [1.54, 1.807) is 23.4 Å². The number of nitrogens with zero attached hydrogens (tertiary/aromatic N) is 2. The molecule has 1 atom stereocenters. The molecule has 0 spiro atoms. The van der Waals surface area contributed by atoms with Crippen LogP contribution in [0.2, 0.25) is 0 Å². The summed E-state index contributed by atoms with van der Waals surface area (Å²) in [4.78, 5) is 30.1. The van der Waals surface area contributed by atoms with Crippen LogP contribution in [0.25, 0.3) is 0 Å². The van der Waals surface area contributed by atoms with Gasteiger partial charge >= 0.3 is 0 Å². The lowest BCUT2D eigenvalue weighted by Crippen LogP contribution is -2.34. The number of hydrogen-bond acceptors (Lipinski definition) is 4. The van der Waals surface area contributed by atoms with Gasteiger partial charge in [0.1, 0.15) is 5.76 Å². The highest BCUT2D eigenvalue weighted by Crippen LogP contribution is 2.20. The molecule has 0 saturated carbocycles. The molecule has 6 heteroatoms. The van der Waals surface area contributed by atoms with E-state index in [0.29, 0.717) is 26.1 Å². The molecule has 2 amide bonds. The fraction of sp³-hybridized carbons (Fsp3) is 0.353. The summed E-state index contributed by atoms with van der Waals surface area (Å²) in [6.07, 6.45) is 4.26. The highest BCUT2D eigenvalue weighted by Gasteiger charge is 2.34. The molecule has 120 valence electrons. The lowest BCUT2D eigenvalue weighted by molar-refractivity contribution is -0.129. The number of hydrogen-bond donors (Lipinski definition) is 1. The molecular weight excluding hydrogens is 294 g/mol. The van der Waals surface area contributed by atoms with E-state index in [-0.39, 0.29) is 24.2 Å². The van der Waals surface area contributed by atoms with Crippen molar-refractivity contribution in [2.24, 2.45) is 5.92 Å². The first-order valence-electron chi connectivity index (χ1n) is 7.70. The summed E-state index contributed by atoms with van der Waals surface area (Å²) < 4.78 is 5.25. The first kappa shape index (κ1) is 15.3. The van der Waals surface area contributed by atoms with Crippen LogP contribution in [-0.2, 0) is 22.6 Å². The maximum absolute atomic E-state index is 12.2. The molecule has 0 aliphatic carbocycles. The normalized spacial score (nSPS) is 17.5. The van der Waals surface area contributed by atoms with E-state index in [9.17, 15) is 9.59 Å². The van der Waals surface area contributed by atoms with Crippen LogP contribution in [0.3, 0.4) is 0 Å². The maximum atomic E-state index is 12.2. The van der Waals surface area contributed by atoms with Crippen LogP contribution in [0.4, 0.5) is 0 Å². The Kier molecular flexibility index (Phi) is 4.71. The highest BCUT2D eigenvalue weighted by molar-refractivity contribution is 5.89. The number of amides is 2. The van der Waals surface area contributed by atoms with Crippen molar-refractivity contribution in [3.63, 3.8) is 0 Å². The summed E-state index contributed by atoms with van der Waals surface area (Å²) in [6, 6.07) is 9.33. The second kappa shape index (κ2) is 7.09. The molecule has 1 unspecified atom stereocenters. The van der Waals surface area contributed by atoms with Gasteiger partial charge in [-0.05, 0) is 24.3 Å². The molecule has 6 nitrogen and oxygen atoms in total. The minimum atomic E-state index is -0.291. The monoisotopic (exact) mass is 313 g/mol. The lowest BCUT2D eigenvalue weighted by atomic mass is 10.1. The van der Waals surface area contributed by atoms with Gasteiger partial charge in [-0.3, -0.25) is 14.6 Å². The Labute approximate surface area is 134 Å². The molecule has 0 bridgehead atoms.